The maximum absolute atomic E-state index is 12.6. The highest BCUT2D eigenvalue weighted by molar-refractivity contribution is 6.06. The number of methoxy groups -OCH3 is 1. The number of nitrogens with zero attached hydrogens (tertiary/aromatic N) is 4. The summed E-state index contributed by atoms with van der Waals surface area (Å²) in [7, 11) is 1.45. The van der Waals surface area contributed by atoms with Gasteiger partial charge in [0, 0.05) is 23.6 Å². The van der Waals surface area contributed by atoms with Gasteiger partial charge in [0.1, 0.15) is 17.5 Å². The number of alkyl halides is 1. The first-order valence-electron chi connectivity index (χ1n) is 11.1. The Morgan fingerprint density at radius 2 is 1.97 bits per heavy atom. The molecule has 0 aliphatic carbocycles. The second-order valence-electron chi connectivity index (χ2n) is 7.68. The summed E-state index contributed by atoms with van der Waals surface area (Å²) in [5, 5.41) is 8.54. The first-order chi connectivity index (χ1) is 17.5. The molecule has 2 heterocycles. The van der Waals surface area contributed by atoms with Crippen LogP contribution in [0.5, 0.6) is 11.5 Å². The molecule has 0 spiro atoms. The van der Waals surface area contributed by atoms with E-state index in [1.807, 2.05) is 6.92 Å². The number of carbonyl (C=O) groups excluding carboxylic acids is 2. The summed E-state index contributed by atoms with van der Waals surface area (Å²) in [6.45, 7) is 1.05. The van der Waals surface area contributed by atoms with Crippen LogP contribution in [0, 0.1) is 0 Å². The second-order valence-corrected chi connectivity index (χ2v) is 7.68. The van der Waals surface area contributed by atoms with Crippen LogP contribution < -0.4 is 14.8 Å². The van der Waals surface area contributed by atoms with Gasteiger partial charge in [-0.1, -0.05) is 19.1 Å². The van der Waals surface area contributed by atoms with E-state index in [0.29, 0.717) is 29.1 Å². The number of carbonyl (C=O) groups is 2. The fraction of sp³-hybridized carbons (Fsp3) is 0.240. The van der Waals surface area contributed by atoms with Crippen LogP contribution >= 0.6 is 0 Å². The smallest absolute Gasteiger partial charge is 0.431 e. The third kappa shape index (κ3) is 5.57. The molecule has 1 N–H and O–H groups in total. The Bertz CT molecular complexity index is 1250. The number of rotatable bonds is 9. The van der Waals surface area contributed by atoms with Crippen LogP contribution in [-0.2, 0) is 11.3 Å². The van der Waals surface area contributed by atoms with Crippen LogP contribution in [0.2, 0.25) is 0 Å². The summed E-state index contributed by atoms with van der Waals surface area (Å²) in [5.74, 6) is 0.215. The van der Waals surface area contributed by atoms with Gasteiger partial charge in [-0.3, -0.25) is 9.78 Å². The monoisotopic (exact) mass is 493 g/mol. The van der Waals surface area contributed by atoms with E-state index in [1.165, 1.54) is 30.7 Å². The van der Waals surface area contributed by atoms with Gasteiger partial charge in [0.2, 0.25) is 6.86 Å². The highest BCUT2D eigenvalue weighted by Crippen LogP contribution is 2.30. The normalized spacial score (nSPS) is 15.1. The average molecular weight is 493 g/mol. The standard InChI is InChI=1S/C25H24FN5O5/c1-3-20-23(17-6-9-21(35-15-26)22(12-17)34-2)30-31(25(33)36-20)14-16-4-7-18(8-5-16)29-24(32)19-13-27-10-11-28-19/h4-13,20H,3,14-15H2,1-2H3,(H,29,32). The van der Waals surface area contributed by atoms with Crippen molar-refractivity contribution in [1.29, 1.82) is 0 Å². The number of hydrogen-bond donors (Lipinski definition) is 1. The lowest BCUT2D eigenvalue weighted by molar-refractivity contribution is 0.0712. The average Bonchev–Trinajstić information content (AvgIpc) is 2.91. The lowest BCUT2D eigenvalue weighted by Gasteiger charge is -2.29. The fourth-order valence-corrected chi connectivity index (χ4v) is 3.58. The summed E-state index contributed by atoms with van der Waals surface area (Å²) in [6.07, 6.45) is 3.70. The summed E-state index contributed by atoms with van der Waals surface area (Å²) < 4.78 is 28.5. The molecule has 1 unspecified atom stereocenters. The lowest BCUT2D eigenvalue weighted by atomic mass is 10.0. The number of benzene rings is 2. The van der Waals surface area contributed by atoms with Gasteiger partial charge in [0.05, 0.1) is 19.9 Å². The molecule has 0 radical (unpaired) electrons. The predicted molar refractivity (Wildman–Crippen MR) is 129 cm³/mol. The highest BCUT2D eigenvalue weighted by Gasteiger charge is 2.31. The van der Waals surface area contributed by atoms with Gasteiger partial charge in [-0.2, -0.15) is 10.1 Å². The van der Waals surface area contributed by atoms with Crippen molar-refractivity contribution in [2.75, 3.05) is 19.3 Å². The molecular formula is C25H24FN5O5. The number of ether oxygens (including phenoxy) is 3. The van der Waals surface area contributed by atoms with Crippen LogP contribution in [0.1, 0.15) is 35.0 Å². The molecule has 0 saturated heterocycles. The van der Waals surface area contributed by atoms with E-state index in [1.54, 1.807) is 42.5 Å². The van der Waals surface area contributed by atoms with Gasteiger partial charge >= 0.3 is 6.09 Å². The number of halogens is 1. The molecular weight excluding hydrogens is 469 g/mol. The van der Waals surface area contributed by atoms with E-state index >= 15 is 0 Å². The molecule has 1 aliphatic rings. The van der Waals surface area contributed by atoms with Gasteiger partial charge in [0.25, 0.3) is 5.91 Å². The number of hydrogen-bond acceptors (Lipinski definition) is 8. The summed E-state index contributed by atoms with van der Waals surface area (Å²) in [6, 6.07) is 11.9. The number of hydrazone groups is 1. The molecule has 1 aromatic heterocycles. The molecule has 3 aromatic rings. The molecule has 11 heteroatoms. The quantitative estimate of drug-likeness (QED) is 0.476. The van der Waals surface area contributed by atoms with Crippen LogP contribution in [0.4, 0.5) is 14.9 Å². The summed E-state index contributed by atoms with van der Waals surface area (Å²) in [4.78, 5) is 32.7. The van der Waals surface area contributed by atoms with E-state index in [0.717, 1.165) is 5.56 Å². The van der Waals surface area contributed by atoms with Crippen molar-refractivity contribution >= 4 is 23.4 Å². The van der Waals surface area contributed by atoms with Crippen LogP contribution in [0.3, 0.4) is 0 Å². The number of nitrogens with one attached hydrogen (secondary N) is 1. The molecule has 1 aliphatic heterocycles. The van der Waals surface area contributed by atoms with Gasteiger partial charge in [-0.05, 0) is 42.3 Å². The molecule has 2 amide bonds. The minimum absolute atomic E-state index is 0.150. The SMILES string of the molecule is CCC1OC(=O)N(Cc2ccc(NC(=O)c3cnccn3)cc2)N=C1c1ccc(OCF)c(OC)c1. The maximum atomic E-state index is 12.6. The van der Waals surface area contributed by atoms with Crippen LogP contribution in [0.25, 0.3) is 0 Å². The molecule has 0 bridgehead atoms. The summed E-state index contributed by atoms with van der Waals surface area (Å²) in [5.41, 5.74) is 2.73. The van der Waals surface area contributed by atoms with Gasteiger partial charge in [-0.25, -0.2) is 14.2 Å². The largest absolute Gasteiger partial charge is 0.493 e. The van der Waals surface area contributed by atoms with Crippen molar-refractivity contribution in [1.82, 2.24) is 15.0 Å². The van der Waals surface area contributed by atoms with E-state index in [9.17, 15) is 14.0 Å². The Kier molecular flexibility index (Phi) is 7.69. The molecule has 1 atom stereocenters. The highest BCUT2D eigenvalue weighted by atomic mass is 19.1. The second kappa shape index (κ2) is 11.3. The first-order valence-corrected chi connectivity index (χ1v) is 11.1. The zero-order chi connectivity index (χ0) is 25.5. The van der Waals surface area contributed by atoms with E-state index in [-0.39, 0.29) is 23.9 Å². The van der Waals surface area contributed by atoms with Crippen molar-refractivity contribution in [2.24, 2.45) is 5.10 Å². The molecule has 186 valence electrons. The van der Waals surface area contributed by atoms with Crippen molar-refractivity contribution < 1.29 is 28.2 Å². The Morgan fingerprint density at radius 1 is 1.17 bits per heavy atom. The van der Waals surface area contributed by atoms with Crippen molar-refractivity contribution in [3.63, 3.8) is 0 Å². The van der Waals surface area contributed by atoms with Crippen molar-refractivity contribution in [2.45, 2.75) is 26.0 Å². The molecule has 36 heavy (non-hydrogen) atoms. The Hall–Kier alpha value is -4.54. The number of amides is 2. The number of cyclic esters (lactones) is 1. The topological polar surface area (TPSA) is 115 Å². The molecule has 2 aromatic carbocycles. The lowest BCUT2D eigenvalue weighted by Crippen LogP contribution is -2.41. The zero-order valence-corrected chi connectivity index (χ0v) is 19.7. The Labute approximate surface area is 206 Å². The van der Waals surface area contributed by atoms with Crippen LogP contribution in [-0.4, -0.2) is 52.8 Å². The minimum atomic E-state index is -0.984. The van der Waals surface area contributed by atoms with Gasteiger partial charge < -0.3 is 19.5 Å². The first kappa shape index (κ1) is 24.6. The molecule has 0 saturated carbocycles. The van der Waals surface area contributed by atoms with Crippen molar-refractivity contribution in [3.05, 3.63) is 77.9 Å². The number of aromatic nitrogens is 2. The molecule has 4 rings (SSSR count). The van der Waals surface area contributed by atoms with Crippen molar-refractivity contribution in [3.8, 4) is 11.5 Å². The molecule has 0 fully saturated rings. The Balaban J connectivity index is 1.52. The molecule has 10 nitrogen and oxygen atoms in total. The van der Waals surface area contributed by atoms with E-state index < -0.39 is 19.1 Å². The minimum Gasteiger partial charge on any atom is -0.493 e. The zero-order valence-electron chi connectivity index (χ0n) is 19.7. The van der Waals surface area contributed by atoms with E-state index in [2.05, 4.69) is 20.4 Å². The predicted octanol–water partition coefficient (Wildman–Crippen LogP) is 4.18. The Morgan fingerprint density at radius 3 is 2.64 bits per heavy atom. The van der Waals surface area contributed by atoms with E-state index in [4.69, 9.17) is 14.2 Å². The number of anilines is 1. The fourth-order valence-electron chi connectivity index (χ4n) is 3.58. The van der Waals surface area contributed by atoms with Gasteiger partial charge in [0.15, 0.2) is 11.5 Å². The third-order valence-corrected chi connectivity index (χ3v) is 5.37. The maximum Gasteiger partial charge on any atom is 0.431 e. The third-order valence-electron chi connectivity index (χ3n) is 5.37. The van der Waals surface area contributed by atoms with Crippen LogP contribution in [0.15, 0.2) is 66.2 Å². The summed E-state index contributed by atoms with van der Waals surface area (Å²) >= 11 is 0. The van der Waals surface area contributed by atoms with Gasteiger partial charge in [-0.15, -0.1) is 0 Å².